The quantitative estimate of drug-likeness (QED) is 0.726. The average molecular weight is 410 g/mol. The van der Waals surface area contributed by atoms with Gasteiger partial charge in [-0.1, -0.05) is 36.4 Å². The maximum Gasteiger partial charge on any atom is 0.227 e. The lowest BCUT2D eigenvalue weighted by Gasteiger charge is -2.36. The first kappa shape index (κ1) is 20.6. The number of hydrogen-bond donors (Lipinski definition) is 0. The van der Waals surface area contributed by atoms with Gasteiger partial charge in [0.15, 0.2) is 0 Å². The molecule has 3 aliphatic rings. The van der Waals surface area contributed by atoms with Crippen LogP contribution in [-0.4, -0.2) is 71.7 Å². The summed E-state index contributed by atoms with van der Waals surface area (Å²) in [6, 6.07) is 10.3. The molecule has 0 bridgehead atoms. The van der Waals surface area contributed by atoms with Gasteiger partial charge in [0.2, 0.25) is 17.7 Å². The summed E-state index contributed by atoms with van der Waals surface area (Å²) in [6.07, 6.45) is 6.49. The van der Waals surface area contributed by atoms with Crippen molar-refractivity contribution in [3.8, 4) is 0 Å². The molecule has 6 heteroatoms. The van der Waals surface area contributed by atoms with Crippen LogP contribution in [-0.2, 0) is 14.4 Å². The summed E-state index contributed by atoms with van der Waals surface area (Å²) in [5.74, 6) is 0.422. The zero-order valence-electron chi connectivity index (χ0n) is 17.6. The Morgan fingerprint density at radius 2 is 1.70 bits per heavy atom. The number of amides is 3. The van der Waals surface area contributed by atoms with Crippen LogP contribution >= 0.6 is 0 Å². The molecule has 1 unspecified atom stereocenters. The van der Waals surface area contributed by atoms with E-state index in [0.29, 0.717) is 45.4 Å². The number of carbonyl (C=O) groups excluding carboxylic acids is 3. The molecule has 4 rings (SSSR count). The second kappa shape index (κ2) is 9.45. The molecular formula is C24H31N3O3. The zero-order chi connectivity index (χ0) is 20.9. The Bertz CT molecular complexity index is 820. The third-order valence-electron chi connectivity index (χ3n) is 6.54. The Hall–Kier alpha value is -2.63. The fraction of sp³-hybridized carbons (Fsp3) is 0.542. The standard InChI is InChI=1S/C24H31N3O3/c28-22-8-4-13-25(22)14-5-15-27-18-21(9-10-23(27)29)24(30)26-16-11-20(12-17-26)19-6-2-1-3-7-19/h1-3,6-7,11,21H,4-5,8-10,12-18H2. The third-order valence-corrected chi connectivity index (χ3v) is 6.54. The Morgan fingerprint density at radius 1 is 0.933 bits per heavy atom. The summed E-state index contributed by atoms with van der Waals surface area (Å²) in [5, 5.41) is 0. The smallest absolute Gasteiger partial charge is 0.227 e. The van der Waals surface area contributed by atoms with E-state index in [1.807, 2.05) is 32.9 Å². The molecule has 0 aromatic heterocycles. The van der Waals surface area contributed by atoms with E-state index in [4.69, 9.17) is 0 Å². The highest BCUT2D eigenvalue weighted by Gasteiger charge is 2.33. The highest BCUT2D eigenvalue weighted by Crippen LogP contribution is 2.25. The molecule has 1 atom stereocenters. The molecule has 3 aliphatic heterocycles. The number of hydrogen-bond acceptors (Lipinski definition) is 3. The van der Waals surface area contributed by atoms with Crippen molar-refractivity contribution >= 4 is 23.3 Å². The van der Waals surface area contributed by atoms with E-state index in [9.17, 15) is 14.4 Å². The summed E-state index contributed by atoms with van der Waals surface area (Å²) in [6.45, 7) is 4.06. The molecule has 30 heavy (non-hydrogen) atoms. The summed E-state index contributed by atoms with van der Waals surface area (Å²) in [4.78, 5) is 42.8. The van der Waals surface area contributed by atoms with Crippen molar-refractivity contribution in [3.05, 3.63) is 42.0 Å². The number of rotatable bonds is 6. The van der Waals surface area contributed by atoms with Gasteiger partial charge in [0.05, 0.1) is 5.92 Å². The number of carbonyl (C=O) groups is 3. The number of piperidine rings is 1. The van der Waals surface area contributed by atoms with E-state index in [1.165, 1.54) is 11.1 Å². The van der Waals surface area contributed by atoms with Gasteiger partial charge in [0.1, 0.15) is 0 Å². The van der Waals surface area contributed by atoms with Gasteiger partial charge in [-0.15, -0.1) is 0 Å². The molecule has 2 fully saturated rings. The van der Waals surface area contributed by atoms with Crippen LogP contribution in [0, 0.1) is 5.92 Å². The van der Waals surface area contributed by atoms with Crippen LogP contribution in [0.15, 0.2) is 36.4 Å². The molecule has 1 aromatic carbocycles. The van der Waals surface area contributed by atoms with Gasteiger partial charge in [-0.05, 0) is 36.8 Å². The molecule has 0 N–H and O–H groups in total. The second-order valence-corrected chi connectivity index (χ2v) is 8.54. The molecule has 3 amide bonds. The normalized spacial score (nSPS) is 22.5. The first-order valence-corrected chi connectivity index (χ1v) is 11.2. The molecule has 1 aromatic rings. The molecule has 0 aliphatic carbocycles. The molecule has 6 nitrogen and oxygen atoms in total. The van der Waals surface area contributed by atoms with Crippen LogP contribution in [0.3, 0.4) is 0 Å². The van der Waals surface area contributed by atoms with Crippen molar-refractivity contribution in [1.82, 2.24) is 14.7 Å². The summed E-state index contributed by atoms with van der Waals surface area (Å²) < 4.78 is 0. The predicted molar refractivity (Wildman–Crippen MR) is 115 cm³/mol. The van der Waals surface area contributed by atoms with Crippen molar-refractivity contribution in [2.24, 2.45) is 5.92 Å². The minimum atomic E-state index is -0.109. The van der Waals surface area contributed by atoms with E-state index in [-0.39, 0.29) is 23.6 Å². The van der Waals surface area contributed by atoms with Gasteiger partial charge >= 0.3 is 0 Å². The van der Waals surface area contributed by atoms with Crippen molar-refractivity contribution < 1.29 is 14.4 Å². The number of likely N-dealkylation sites (tertiary alicyclic amines) is 2. The van der Waals surface area contributed by atoms with Crippen molar-refractivity contribution in [2.45, 2.75) is 38.5 Å². The SMILES string of the molecule is O=C1CCCN1CCCN1CC(C(=O)N2CC=C(c3ccccc3)CC2)CCC1=O. The van der Waals surface area contributed by atoms with Crippen molar-refractivity contribution in [1.29, 1.82) is 0 Å². The fourth-order valence-corrected chi connectivity index (χ4v) is 4.77. The van der Waals surface area contributed by atoms with Crippen LogP contribution < -0.4 is 0 Å². The third kappa shape index (κ3) is 4.74. The van der Waals surface area contributed by atoms with Gasteiger partial charge in [0, 0.05) is 52.1 Å². The summed E-state index contributed by atoms with van der Waals surface area (Å²) in [5.41, 5.74) is 2.53. The van der Waals surface area contributed by atoms with E-state index >= 15 is 0 Å². The van der Waals surface area contributed by atoms with Crippen LogP contribution in [0.25, 0.3) is 5.57 Å². The van der Waals surface area contributed by atoms with Crippen LogP contribution in [0.4, 0.5) is 0 Å². The Kier molecular flexibility index (Phi) is 6.50. The van der Waals surface area contributed by atoms with E-state index < -0.39 is 0 Å². The maximum atomic E-state index is 13.1. The lowest BCUT2D eigenvalue weighted by molar-refractivity contribution is -0.142. The molecule has 160 valence electrons. The van der Waals surface area contributed by atoms with Crippen molar-refractivity contribution in [2.75, 3.05) is 39.3 Å². The topological polar surface area (TPSA) is 60.9 Å². The van der Waals surface area contributed by atoms with E-state index in [2.05, 4.69) is 18.2 Å². The lowest BCUT2D eigenvalue weighted by Crippen LogP contribution is -2.48. The van der Waals surface area contributed by atoms with Crippen LogP contribution in [0.2, 0.25) is 0 Å². The van der Waals surface area contributed by atoms with Crippen LogP contribution in [0.5, 0.6) is 0 Å². The number of nitrogens with zero attached hydrogens (tertiary/aromatic N) is 3. The van der Waals surface area contributed by atoms with Gasteiger partial charge in [0.25, 0.3) is 0 Å². The highest BCUT2D eigenvalue weighted by molar-refractivity contribution is 5.84. The van der Waals surface area contributed by atoms with Gasteiger partial charge in [-0.3, -0.25) is 14.4 Å². The lowest BCUT2D eigenvalue weighted by atomic mass is 9.94. The van der Waals surface area contributed by atoms with Gasteiger partial charge < -0.3 is 14.7 Å². The first-order chi connectivity index (χ1) is 14.6. The Balaban J connectivity index is 1.28. The monoisotopic (exact) mass is 409 g/mol. The van der Waals surface area contributed by atoms with Crippen molar-refractivity contribution in [3.63, 3.8) is 0 Å². The molecule has 0 radical (unpaired) electrons. The summed E-state index contributed by atoms with van der Waals surface area (Å²) >= 11 is 0. The molecule has 0 spiro atoms. The van der Waals surface area contributed by atoms with Gasteiger partial charge in [-0.25, -0.2) is 0 Å². The fourth-order valence-electron chi connectivity index (χ4n) is 4.77. The molecule has 2 saturated heterocycles. The number of benzene rings is 1. The zero-order valence-corrected chi connectivity index (χ0v) is 17.6. The molecule has 3 heterocycles. The van der Waals surface area contributed by atoms with E-state index in [1.54, 1.807) is 0 Å². The van der Waals surface area contributed by atoms with Gasteiger partial charge in [-0.2, -0.15) is 0 Å². The highest BCUT2D eigenvalue weighted by atomic mass is 16.2. The first-order valence-electron chi connectivity index (χ1n) is 11.2. The molecule has 0 saturated carbocycles. The maximum absolute atomic E-state index is 13.1. The molecular weight excluding hydrogens is 378 g/mol. The second-order valence-electron chi connectivity index (χ2n) is 8.54. The largest absolute Gasteiger partial charge is 0.343 e. The Labute approximate surface area is 178 Å². The minimum Gasteiger partial charge on any atom is -0.343 e. The average Bonchev–Trinajstić information content (AvgIpc) is 3.20. The predicted octanol–water partition coefficient (Wildman–Crippen LogP) is 2.55. The van der Waals surface area contributed by atoms with E-state index in [0.717, 1.165) is 32.4 Å². The summed E-state index contributed by atoms with van der Waals surface area (Å²) in [7, 11) is 0. The Morgan fingerprint density at radius 3 is 2.40 bits per heavy atom. The van der Waals surface area contributed by atoms with Crippen LogP contribution in [0.1, 0.15) is 44.1 Å². The minimum absolute atomic E-state index is 0.109.